The zero-order valence-corrected chi connectivity index (χ0v) is 12.0. The van der Waals surface area contributed by atoms with Crippen molar-refractivity contribution in [3.63, 3.8) is 0 Å². The van der Waals surface area contributed by atoms with Crippen LogP contribution >= 0.6 is 0 Å². The minimum absolute atomic E-state index is 0.0690. The van der Waals surface area contributed by atoms with Crippen LogP contribution in [0.15, 0.2) is 0 Å². The zero-order valence-electron chi connectivity index (χ0n) is 11.0. The number of hydrogen-bond donors (Lipinski definition) is 1. The molecule has 90 valence electrons. The number of rotatable bonds is 3. The Hall–Kier alpha value is 0.137. The SMILES string of the molecule is CC(O[Si](C)(C)C(C)(C)C)C1CC(O)C1. The van der Waals surface area contributed by atoms with Gasteiger partial charge in [-0.2, -0.15) is 0 Å². The lowest BCUT2D eigenvalue weighted by Crippen LogP contribution is -2.47. The summed E-state index contributed by atoms with van der Waals surface area (Å²) in [5.41, 5.74) is 0. The fourth-order valence-electron chi connectivity index (χ4n) is 1.75. The molecule has 0 aromatic heterocycles. The molecule has 3 heteroatoms. The van der Waals surface area contributed by atoms with E-state index in [1.165, 1.54) is 0 Å². The van der Waals surface area contributed by atoms with E-state index in [4.69, 9.17) is 4.43 Å². The van der Waals surface area contributed by atoms with Gasteiger partial charge in [-0.1, -0.05) is 20.8 Å². The van der Waals surface area contributed by atoms with Crippen molar-refractivity contribution in [3.8, 4) is 0 Å². The van der Waals surface area contributed by atoms with Crippen LogP contribution in [0.1, 0.15) is 40.5 Å². The van der Waals surface area contributed by atoms with Crippen molar-refractivity contribution in [2.45, 2.75) is 70.9 Å². The van der Waals surface area contributed by atoms with Crippen molar-refractivity contribution >= 4 is 8.32 Å². The van der Waals surface area contributed by atoms with Crippen LogP contribution in [-0.4, -0.2) is 25.6 Å². The van der Waals surface area contributed by atoms with Crippen molar-refractivity contribution < 1.29 is 9.53 Å². The quantitative estimate of drug-likeness (QED) is 0.755. The van der Waals surface area contributed by atoms with E-state index in [0.29, 0.717) is 12.0 Å². The van der Waals surface area contributed by atoms with Crippen LogP contribution in [0.5, 0.6) is 0 Å². The Bertz CT molecular complexity index is 214. The summed E-state index contributed by atoms with van der Waals surface area (Å²) < 4.78 is 6.28. The Labute approximate surface area is 95.2 Å². The van der Waals surface area contributed by atoms with Gasteiger partial charge in [-0.25, -0.2) is 0 Å². The topological polar surface area (TPSA) is 29.5 Å². The van der Waals surface area contributed by atoms with Crippen molar-refractivity contribution in [1.82, 2.24) is 0 Å². The van der Waals surface area contributed by atoms with Gasteiger partial charge in [0.05, 0.1) is 6.10 Å². The maximum Gasteiger partial charge on any atom is 0.192 e. The van der Waals surface area contributed by atoms with E-state index in [-0.39, 0.29) is 11.1 Å². The standard InChI is InChI=1S/C12H26O2Si/c1-9(10-7-11(13)8-10)14-15(5,6)12(2,3)4/h9-11,13H,7-8H2,1-6H3. The highest BCUT2D eigenvalue weighted by atomic mass is 28.4. The number of aliphatic hydroxyl groups is 1. The average Bonchev–Trinajstić information content (AvgIpc) is 1.95. The maximum absolute atomic E-state index is 9.28. The lowest BCUT2D eigenvalue weighted by molar-refractivity contribution is -0.0154. The first kappa shape index (κ1) is 13.2. The van der Waals surface area contributed by atoms with Crippen molar-refractivity contribution in [3.05, 3.63) is 0 Å². The normalized spacial score (nSPS) is 29.8. The minimum atomic E-state index is -1.62. The molecule has 1 N–H and O–H groups in total. The summed E-state index contributed by atoms with van der Waals surface area (Å²) in [6.07, 6.45) is 2.10. The van der Waals surface area contributed by atoms with Gasteiger partial charge < -0.3 is 9.53 Å². The van der Waals surface area contributed by atoms with Crippen LogP contribution in [0.3, 0.4) is 0 Å². The van der Waals surface area contributed by atoms with Crippen LogP contribution in [0.4, 0.5) is 0 Å². The second-order valence-electron chi connectivity index (χ2n) is 6.47. The average molecular weight is 230 g/mol. The summed E-state index contributed by atoms with van der Waals surface area (Å²) in [6, 6.07) is 0. The third-order valence-electron chi connectivity index (χ3n) is 4.10. The Balaban J connectivity index is 2.47. The molecule has 15 heavy (non-hydrogen) atoms. The molecule has 0 bridgehead atoms. The van der Waals surface area contributed by atoms with E-state index in [9.17, 15) is 5.11 Å². The van der Waals surface area contributed by atoms with Gasteiger partial charge in [0.2, 0.25) is 0 Å². The molecule has 0 spiro atoms. The molecule has 0 aromatic carbocycles. The van der Waals surface area contributed by atoms with Gasteiger partial charge in [0.15, 0.2) is 8.32 Å². The maximum atomic E-state index is 9.28. The molecule has 0 aromatic rings. The largest absolute Gasteiger partial charge is 0.414 e. The van der Waals surface area contributed by atoms with Gasteiger partial charge in [0.25, 0.3) is 0 Å². The first-order valence-corrected chi connectivity index (χ1v) is 8.90. The van der Waals surface area contributed by atoms with Gasteiger partial charge >= 0.3 is 0 Å². The van der Waals surface area contributed by atoms with Crippen LogP contribution in [0, 0.1) is 5.92 Å². The molecule has 0 amide bonds. The van der Waals surface area contributed by atoms with Gasteiger partial charge in [-0.05, 0) is 43.8 Å². The highest BCUT2D eigenvalue weighted by molar-refractivity contribution is 6.74. The molecule has 1 aliphatic carbocycles. The molecule has 1 rings (SSSR count). The smallest absolute Gasteiger partial charge is 0.192 e. The molecule has 0 heterocycles. The lowest BCUT2D eigenvalue weighted by atomic mass is 9.79. The Morgan fingerprint density at radius 3 is 2.07 bits per heavy atom. The highest BCUT2D eigenvalue weighted by Crippen LogP contribution is 2.40. The molecule has 1 saturated carbocycles. The second-order valence-corrected chi connectivity index (χ2v) is 11.2. The Kier molecular flexibility index (Phi) is 3.69. The third kappa shape index (κ3) is 3.05. The van der Waals surface area contributed by atoms with Crippen LogP contribution in [0.25, 0.3) is 0 Å². The van der Waals surface area contributed by atoms with E-state index >= 15 is 0 Å². The van der Waals surface area contributed by atoms with Crippen LogP contribution in [0.2, 0.25) is 18.1 Å². The van der Waals surface area contributed by atoms with Gasteiger partial charge in [0, 0.05) is 6.10 Å². The number of aliphatic hydroxyl groups excluding tert-OH is 1. The fourth-order valence-corrected chi connectivity index (χ4v) is 3.23. The molecular formula is C12H26O2Si. The van der Waals surface area contributed by atoms with E-state index in [1.807, 2.05) is 0 Å². The first-order valence-electron chi connectivity index (χ1n) is 5.99. The molecule has 2 nitrogen and oxygen atoms in total. The Morgan fingerprint density at radius 2 is 1.73 bits per heavy atom. The van der Waals surface area contributed by atoms with E-state index in [1.54, 1.807) is 0 Å². The summed E-state index contributed by atoms with van der Waals surface area (Å²) >= 11 is 0. The predicted molar refractivity (Wildman–Crippen MR) is 66.5 cm³/mol. The second kappa shape index (κ2) is 4.19. The van der Waals surface area contributed by atoms with Gasteiger partial charge in [-0.3, -0.25) is 0 Å². The molecule has 1 atom stereocenters. The fraction of sp³-hybridized carbons (Fsp3) is 1.00. The summed E-state index contributed by atoms with van der Waals surface area (Å²) in [5.74, 6) is 0.578. The van der Waals surface area contributed by atoms with E-state index < -0.39 is 8.32 Å². The molecule has 0 radical (unpaired) electrons. The van der Waals surface area contributed by atoms with Crippen molar-refractivity contribution in [2.24, 2.45) is 5.92 Å². The molecule has 0 aliphatic heterocycles. The minimum Gasteiger partial charge on any atom is -0.414 e. The van der Waals surface area contributed by atoms with Crippen molar-refractivity contribution in [2.75, 3.05) is 0 Å². The summed E-state index contributed by atoms with van der Waals surface area (Å²) in [6.45, 7) is 13.5. The van der Waals surface area contributed by atoms with Crippen LogP contribution in [-0.2, 0) is 4.43 Å². The lowest BCUT2D eigenvalue weighted by Gasteiger charge is -2.43. The van der Waals surface area contributed by atoms with Crippen LogP contribution < -0.4 is 0 Å². The third-order valence-corrected chi connectivity index (χ3v) is 8.67. The van der Waals surface area contributed by atoms with Gasteiger partial charge in [0.1, 0.15) is 0 Å². The monoisotopic (exact) mass is 230 g/mol. The molecule has 1 fully saturated rings. The summed E-state index contributed by atoms with van der Waals surface area (Å²) in [7, 11) is -1.62. The van der Waals surface area contributed by atoms with Gasteiger partial charge in [-0.15, -0.1) is 0 Å². The summed E-state index contributed by atoms with van der Waals surface area (Å²) in [4.78, 5) is 0. The van der Waals surface area contributed by atoms with Crippen molar-refractivity contribution in [1.29, 1.82) is 0 Å². The van der Waals surface area contributed by atoms with E-state index in [2.05, 4.69) is 40.8 Å². The molecule has 0 saturated heterocycles. The highest BCUT2D eigenvalue weighted by Gasteiger charge is 2.41. The zero-order chi connectivity index (χ0) is 11.9. The first-order chi connectivity index (χ1) is 6.63. The van der Waals surface area contributed by atoms with E-state index in [0.717, 1.165) is 12.8 Å². The molecular weight excluding hydrogens is 204 g/mol. The summed E-state index contributed by atoms with van der Waals surface area (Å²) in [5, 5.41) is 9.56. The number of hydrogen-bond acceptors (Lipinski definition) is 2. The molecule has 1 aliphatic rings. The molecule has 1 unspecified atom stereocenters. The Morgan fingerprint density at radius 1 is 1.27 bits per heavy atom. The predicted octanol–water partition coefficient (Wildman–Crippen LogP) is 3.17.